The maximum Gasteiger partial charge on any atom is 0.251 e. The molecule has 0 aliphatic carbocycles. The minimum atomic E-state index is -3.60. The number of carbonyl (C=O) groups excluding carboxylic acids is 1. The lowest BCUT2D eigenvalue weighted by Crippen LogP contribution is -2.31. The maximum absolute atomic E-state index is 12.2. The first kappa shape index (κ1) is 18.9. The molecular weight excluding hydrogens is 332 g/mol. The molecule has 1 saturated heterocycles. The van der Waals surface area contributed by atoms with Crippen LogP contribution in [-0.2, 0) is 14.8 Å². The van der Waals surface area contributed by atoms with Crippen molar-refractivity contribution in [1.29, 1.82) is 0 Å². The van der Waals surface area contributed by atoms with Gasteiger partial charge in [-0.3, -0.25) is 4.79 Å². The summed E-state index contributed by atoms with van der Waals surface area (Å²) < 4.78 is 32.4. The summed E-state index contributed by atoms with van der Waals surface area (Å²) in [7, 11) is -3.60. The van der Waals surface area contributed by atoms with Crippen LogP contribution in [0, 0.1) is 0 Å². The number of sulfonamides is 1. The third-order valence-electron chi connectivity index (χ3n) is 3.82. The van der Waals surface area contributed by atoms with Crippen LogP contribution in [0.4, 0.5) is 0 Å². The normalized spacial score (nSPS) is 17.8. The van der Waals surface area contributed by atoms with Crippen molar-refractivity contribution in [3.8, 4) is 0 Å². The van der Waals surface area contributed by atoms with Gasteiger partial charge < -0.3 is 15.2 Å². The number of unbranched alkanes of at least 4 members (excludes halogenated alkanes) is 1. The molecule has 1 amide bonds. The molecule has 8 heteroatoms. The molecule has 3 N–H and O–H groups in total. The van der Waals surface area contributed by atoms with Crippen molar-refractivity contribution < 1.29 is 23.1 Å². The summed E-state index contributed by atoms with van der Waals surface area (Å²) in [5.74, 6) is -0.260. The molecule has 0 bridgehead atoms. The molecule has 0 aromatic heterocycles. The van der Waals surface area contributed by atoms with Gasteiger partial charge in [0.2, 0.25) is 10.0 Å². The molecular formula is C16H24N2O5S. The number of amides is 1. The Morgan fingerprint density at radius 3 is 2.62 bits per heavy atom. The predicted molar refractivity (Wildman–Crippen MR) is 89.3 cm³/mol. The zero-order valence-corrected chi connectivity index (χ0v) is 14.3. The van der Waals surface area contributed by atoms with Crippen molar-refractivity contribution in [3.63, 3.8) is 0 Å². The molecule has 2 rings (SSSR count). The van der Waals surface area contributed by atoms with Crippen molar-refractivity contribution >= 4 is 15.9 Å². The number of rotatable bonds is 9. The van der Waals surface area contributed by atoms with Crippen molar-refractivity contribution in [1.82, 2.24) is 10.0 Å². The van der Waals surface area contributed by atoms with Crippen LogP contribution < -0.4 is 10.0 Å². The van der Waals surface area contributed by atoms with Gasteiger partial charge in [0, 0.05) is 31.9 Å². The number of aliphatic hydroxyl groups excluding tert-OH is 1. The lowest BCUT2D eigenvalue weighted by Gasteiger charge is -2.11. The monoisotopic (exact) mass is 356 g/mol. The maximum atomic E-state index is 12.2. The minimum absolute atomic E-state index is 0.0660. The van der Waals surface area contributed by atoms with Gasteiger partial charge >= 0.3 is 0 Å². The second-order valence-corrected chi connectivity index (χ2v) is 7.46. The van der Waals surface area contributed by atoms with Gasteiger partial charge in [-0.25, -0.2) is 13.1 Å². The van der Waals surface area contributed by atoms with Crippen molar-refractivity contribution in [3.05, 3.63) is 29.8 Å². The SMILES string of the molecule is O=C(NCCCCO)c1ccc(S(=O)(=O)NC[C@H]2CCCO2)cc1. The lowest BCUT2D eigenvalue weighted by molar-refractivity contribution is 0.0952. The second kappa shape index (κ2) is 9.12. The Labute approximate surface area is 142 Å². The van der Waals surface area contributed by atoms with E-state index in [-0.39, 0.29) is 30.1 Å². The Balaban J connectivity index is 1.88. The highest BCUT2D eigenvalue weighted by atomic mass is 32.2. The standard InChI is InChI=1S/C16H24N2O5S/c19-10-2-1-9-17-16(20)13-5-7-15(8-6-13)24(21,22)18-12-14-4-3-11-23-14/h5-8,14,18-19H,1-4,9-12H2,(H,17,20)/t14-/m1/s1. The van der Waals surface area contributed by atoms with Crippen molar-refractivity contribution in [2.75, 3.05) is 26.3 Å². The van der Waals surface area contributed by atoms with E-state index < -0.39 is 10.0 Å². The number of benzene rings is 1. The fraction of sp³-hybridized carbons (Fsp3) is 0.562. The molecule has 1 heterocycles. The molecule has 1 aromatic rings. The highest BCUT2D eigenvalue weighted by Gasteiger charge is 2.20. The number of nitrogens with one attached hydrogen (secondary N) is 2. The Hall–Kier alpha value is -1.48. The van der Waals surface area contributed by atoms with Gasteiger partial charge in [0.05, 0.1) is 11.0 Å². The average Bonchev–Trinajstić information content (AvgIpc) is 3.10. The summed E-state index contributed by atoms with van der Waals surface area (Å²) in [6.45, 7) is 1.51. The van der Waals surface area contributed by atoms with E-state index in [1.807, 2.05) is 0 Å². The zero-order chi connectivity index (χ0) is 17.4. The number of ether oxygens (including phenoxy) is 1. The Bertz CT molecular complexity index is 624. The highest BCUT2D eigenvalue weighted by Crippen LogP contribution is 2.14. The van der Waals surface area contributed by atoms with E-state index in [1.165, 1.54) is 24.3 Å². The van der Waals surface area contributed by atoms with E-state index in [1.54, 1.807) is 0 Å². The van der Waals surface area contributed by atoms with Crippen LogP contribution in [0.1, 0.15) is 36.0 Å². The van der Waals surface area contributed by atoms with Crippen LogP contribution in [0.3, 0.4) is 0 Å². The zero-order valence-electron chi connectivity index (χ0n) is 13.5. The topological polar surface area (TPSA) is 105 Å². The molecule has 1 atom stereocenters. The predicted octanol–water partition coefficient (Wildman–Crippen LogP) is 0.646. The fourth-order valence-corrected chi connectivity index (χ4v) is 3.48. The van der Waals surface area contributed by atoms with Gasteiger partial charge in [0.15, 0.2) is 0 Å². The number of hydrogen-bond acceptors (Lipinski definition) is 5. The first-order valence-electron chi connectivity index (χ1n) is 8.13. The summed E-state index contributed by atoms with van der Waals surface area (Å²) >= 11 is 0. The molecule has 1 aromatic carbocycles. The molecule has 0 spiro atoms. The first-order chi connectivity index (χ1) is 11.5. The molecule has 0 unspecified atom stereocenters. The summed E-state index contributed by atoms with van der Waals surface area (Å²) in [4.78, 5) is 12.0. The molecule has 24 heavy (non-hydrogen) atoms. The molecule has 0 radical (unpaired) electrons. The molecule has 1 fully saturated rings. The molecule has 1 aliphatic rings. The molecule has 134 valence electrons. The highest BCUT2D eigenvalue weighted by molar-refractivity contribution is 7.89. The number of aliphatic hydroxyl groups is 1. The minimum Gasteiger partial charge on any atom is -0.396 e. The van der Waals surface area contributed by atoms with Crippen molar-refractivity contribution in [2.45, 2.75) is 36.7 Å². The summed E-state index contributed by atoms with van der Waals surface area (Å²) in [6.07, 6.45) is 3.08. The van der Waals surface area contributed by atoms with E-state index in [2.05, 4.69) is 10.0 Å². The largest absolute Gasteiger partial charge is 0.396 e. The lowest BCUT2D eigenvalue weighted by atomic mass is 10.2. The van der Waals surface area contributed by atoms with Crippen LogP contribution in [0.2, 0.25) is 0 Å². The van der Waals surface area contributed by atoms with Crippen LogP contribution >= 0.6 is 0 Å². The molecule has 0 saturated carbocycles. The smallest absolute Gasteiger partial charge is 0.251 e. The van der Waals surface area contributed by atoms with Gasteiger partial charge in [0.25, 0.3) is 5.91 Å². The Kier molecular flexibility index (Phi) is 7.16. The van der Waals surface area contributed by atoms with Gasteiger partial charge in [-0.05, 0) is 49.9 Å². The van der Waals surface area contributed by atoms with E-state index in [0.717, 1.165) is 12.8 Å². The summed E-state index contributed by atoms with van der Waals surface area (Å²) in [5.41, 5.74) is 0.400. The average molecular weight is 356 g/mol. The molecule has 7 nitrogen and oxygen atoms in total. The van der Waals surface area contributed by atoms with Crippen molar-refractivity contribution in [2.24, 2.45) is 0 Å². The van der Waals surface area contributed by atoms with Gasteiger partial charge in [0.1, 0.15) is 0 Å². The third-order valence-corrected chi connectivity index (χ3v) is 5.26. The quantitative estimate of drug-likeness (QED) is 0.564. The fourth-order valence-electron chi connectivity index (χ4n) is 2.42. The van der Waals surface area contributed by atoms with Crippen LogP contribution in [-0.4, -0.2) is 51.8 Å². The number of carbonyl (C=O) groups is 1. The van der Waals surface area contributed by atoms with Gasteiger partial charge in [-0.15, -0.1) is 0 Å². The van der Waals surface area contributed by atoms with E-state index in [9.17, 15) is 13.2 Å². The first-order valence-corrected chi connectivity index (χ1v) is 9.61. The molecule has 1 aliphatic heterocycles. The Morgan fingerprint density at radius 1 is 1.25 bits per heavy atom. The third kappa shape index (κ3) is 5.55. The second-order valence-electron chi connectivity index (χ2n) is 5.70. The van der Waals surface area contributed by atoms with Crippen LogP contribution in [0.25, 0.3) is 0 Å². The van der Waals surface area contributed by atoms with E-state index >= 15 is 0 Å². The van der Waals surface area contributed by atoms with E-state index in [4.69, 9.17) is 9.84 Å². The summed E-state index contributed by atoms with van der Waals surface area (Å²) in [6, 6.07) is 5.81. The summed E-state index contributed by atoms with van der Waals surface area (Å²) in [5, 5.41) is 11.4. The number of hydrogen-bond donors (Lipinski definition) is 3. The van der Waals surface area contributed by atoms with Gasteiger partial charge in [-0.2, -0.15) is 0 Å². The van der Waals surface area contributed by atoms with Gasteiger partial charge in [-0.1, -0.05) is 0 Å². The van der Waals surface area contributed by atoms with Crippen LogP contribution in [0.15, 0.2) is 29.2 Å². The Morgan fingerprint density at radius 2 is 2.00 bits per heavy atom. The van der Waals surface area contributed by atoms with Crippen LogP contribution in [0.5, 0.6) is 0 Å². The van der Waals surface area contributed by atoms with E-state index in [0.29, 0.717) is 31.6 Å².